The number of hydrogen-bond acceptors (Lipinski definition) is 4. The predicted octanol–water partition coefficient (Wildman–Crippen LogP) is 1.71. The van der Waals surface area contributed by atoms with Crippen molar-refractivity contribution in [3.05, 3.63) is 35.9 Å². The van der Waals surface area contributed by atoms with Gasteiger partial charge in [-0.3, -0.25) is 4.79 Å². The standard InChI is InChI=1S/C13H17N3O2/c1-14-9-5-4-7-11-6-2-3-8-12(11)16-13(17)10-15-18/h2-4,6-8,10,14,18H,5,9H2,1H3,(H,16,17). The molecule has 0 saturated carbocycles. The number of anilines is 1. The number of carbonyl (C=O) groups excluding carboxylic acids is 1. The second-order valence-corrected chi connectivity index (χ2v) is 3.62. The van der Waals surface area contributed by atoms with E-state index in [9.17, 15) is 4.79 Å². The van der Waals surface area contributed by atoms with Crippen LogP contribution in [-0.2, 0) is 4.79 Å². The van der Waals surface area contributed by atoms with E-state index in [1.165, 1.54) is 0 Å². The first kappa shape index (κ1) is 13.9. The lowest BCUT2D eigenvalue weighted by Crippen LogP contribution is -2.13. The van der Waals surface area contributed by atoms with Gasteiger partial charge in [0.05, 0.1) is 0 Å². The third-order valence-corrected chi connectivity index (χ3v) is 2.25. The summed E-state index contributed by atoms with van der Waals surface area (Å²) in [6, 6.07) is 7.42. The average molecular weight is 247 g/mol. The monoisotopic (exact) mass is 247 g/mol. The number of hydrogen-bond donors (Lipinski definition) is 3. The molecule has 0 saturated heterocycles. The van der Waals surface area contributed by atoms with Crippen LogP contribution in [0.4, 0.5) is 5.69 Å². The van der Waals surface area contributed by atoms with Crippen molar-refractivity contribution in [2.24, 2.45) is 5.16 Å². The number of benzene rings is 1. The summed E-state index contributed by atoms with van der Waals surface area (Å²) >= 11 is 0. The van der Waals surface area contributed by atoms with Crippen LogP contribution in [0.25, 0.3) is 6.08 Å². The van der Waals surface area contributed by atoms with Gasteiger partial charge in [-0.25, -0.2) is 0 Å². The van der Waals surface area contributed by atoms with Crippen molar-refractivity contribution in [2.75, 3.05) is 18.9 Å². The molecule has 1 aromatic rings. The normalized spacial score (nSPS) is 11.2. The van der Waals surface area contributed by atoms with Gasteiger partial charge in [0.1, 0.15) is 6.21 Å². The molecule has 0 aromatic heterocycles. The van der Waals surface area contributed by atoms with Crippen molar-refractivity contribution in [3.8, 4) is 0 Å². The van der Waals surface area contributed by atoms with E-state index in [1.54, 1.807) is 6.07 Å². The van der Waals surface area contributed by atoms with Crippen LogP contribution in [0.5, 0.6) is 0 Å². The van der Waals surface area contributed by atoms with Gasteiger partial charge in [0, 0.05) is 5.69 Å². The Bertz CT molecular complexity index is 442. The van der Waals surface area contributed by atoms with Gasteiger partial charge in [0.15, 0.2) is 0 Å². The summed E-state index contributed by atoms with van der Waals surface area (Å²) in [6.07, 6.45) is 5.71. The quantitative estimate of drug-likeness (QED) is 0.310. The highest BCUT2D eigenvalue weighted by molar-refractivity contribution is 6.31. The van der Waals surface area contributed by atoms with E-state index in [-0.39, 0.29) is 0 Å². The molecule has 5 nitrogen and oxygen atoms in total. The van der Waals surface area contributed by atoms with Crippen LogP contribution in [-0.4, -0.2) is 30.9 Å². The van der Waals surface area contributed by atoms with Gasteiger partial charge in [-0.1, -0.05) is 35.5 Å². The average Bonchev–Trinajstić information content (AvgIpc) is 2.37. The van der Waals surface area contributed by atoms with Crippen LogP contribution in [0.15, 0.2) is 35.5 Å². The Morgan fingerprint density at radius 3 is 2.94 bits per heavy atom. The summed E-state index contributed by atoms with van der Waals surface area (Å²) in [7, 11) is 1.90. The van der Waals surface area contributed by atoms with Gasteiger partial charge in [-0.05, 0) is 31.6 Å². The van der Waals surface area contributed by atoms with Gasteiger partial charge >= 0.3 is 0 Å². The van der Waals surface area contributed by atoms with Crippen LogP contribution in [0.1, 0.15) is 12.0 Å². The van der Waals surface area contributed by atoms with Crippen molar-refractivity contribution in [1.29, 1.82) is 0 Å². The highest BCUT2D eigenvalue weighted by Crippen LogP contribution is 2.16. The molecule has 0 unspecified atom stereocenters. The summed E-state index contributed by atoms with van der Waals surface area (Å²) in [5.74, 6) is -0.464. The summed E-state index contributed by atoms with van der Waals surface area (Å²) in [6.45, 7) is 0.905. The lowest BCUT2D eigenvalue weighted by molar-refractivity contribution is -0.110. The molecule has 0 aliphatic carbocycles. The van der Waals surface area contributed by atoms with Gasteiger partial charge < -0.3 is 15.8 Å². The maximum Gasteiger partial charge on any atom is 0.270 e. The van der Waals surface area contributed by atoms with Crippen LogP contribution in [0, 0.1) is 0 Å². The Kier molecular flexibility index (Phi) is 6.21. The minimum Gasteiger partial charge on any atom is -0.411 e. The van der Waals surface area contributed by atoms with Crippen LogP contribution < -0.4 is 10.6 Å². The highest BCUT2D eigenvalue weighted by atomic mass is 16.4. The Balaban J connectivity index is 2.73. The maximum absolute atomic E-state index is 11.3. The van der Waals surface area contributed by atoms with Gasteiger partial charge in [0.2, 0.25) is 0 Å². The zero-order valence-corrected chi connectivity index (χ0v) is 10.3. The molecule has 0 atom stereocenters. The molecule has 0 bridgehead atoms. The van der Waals surface area contributed by atoms with E-state index in [0.29, 0.717) is 5.69 Å². The molecular formula is C13H17N3O2. The molecule has 0 radical (unpaired) electrons. The summed E-state index contributed by atoms with van der Waals surface area (Å²) < 4.78 is 0. The third-order valence-electron chi connectivity index (χ3n) is 2.25. The zero-order valence-electron chi connectivity index (χ0n) is 10.3. The summed E-state index contributed by atoms with van der Waals surface area (Å²) in [5.41, 5.74) is 1.59. The maximum atomic E-state index is 11.3. The van der Waals surface area contributed by atoms with E-state index in [0.717, 1.165) is 24.7 Å². The Labute approximate surface area is 106 Å². The molecule has 18 heavy (non-hydrogen) atoms. The first-order chi connectivity index (χ1) is 8.77. The first-order valence-electron chi connectivity index (χ1n) is 5.66. The molecule has 96 valence electrons. The first-order valence-corrected chi connectivity index (χ1v) is 5.66. The smallest absolute Gasteiger partial charge is 0.270 e. The van der Waals surface area contributed by atoms with Gasteiger partial charge in [-0.15, -0.1) is 0 Å². The number of para-hydroxylation sites is 1. The van der Waals surface area contributed by atoms with E-state index < -0.39 is 5.91 Å². The van der Waals surface area contributed by atoms with Crippen molar-refractivity contribution in [1.82, 2.24) is 5.32 Å². The Morgan fingerprint density at radius 1 is 1.44 bits per heavy atom. The van der Waals surface area contributed by atoms with Gasteiger partial charge in [-0.2, -0.15) is 0 Å². The third kappa shape index (κ3) is 4.80. The molecule has 3 N–H and O–H groups in total. The zero-order chi connectivity index (χ0) is 13.2. The fraction of sp³-hybridized carbons (Fsp3) is 0.231. The number of oxime groups is 1. The number of carbonyl (C=O) groups is 1. The molecule has 0 spiro atoms. The van der Waals surface area contributed by atoms with E-state index in [4.69, 9.17) is 5.21 Å². The number of nitrogens with zero attached hydrogens (tertiary/aromatic N) is 1. The largest absolute Gasteiger partial charge is 0.411 e. The topological polar surface area (TPSA) is 73.7 Å². The Morgan fingerprint density at radius 2 is 2.22 bits per heavy atom. The molecular weight excluding hydrogens is 230 g/mol. The number of rotatable bonds is 6. The second-order valence-electron chi connectivity index (χ2n) is 3.62. The number of amides is 1. The molecule has 1 amide bonds. The van der Waals surface area contributed by atoms with Gasteiger partial charge in [0.25, 0.3) is 5.91 Å². The number of nitrogens with one attached hydrogen (secondary N) is 2. The Hall–Kier alpha value is -2.14. The summed E-state index contributed by atoms with van der Waals surface area (Å²) in [4.78, 5) is 11.3. The van der Waals surface area contributed by atoms with E-state index in [1.807, 2.05) is 37.4 Å². The fourth-order valence-electron chi connectivity index (χ4n) is 1.41. The van der Waals surface area contributed by atoms with E-state index in [2.05, 4.69) is 15.8 Å². The molecule has 0 aliphatic rings. The second kappa shape index (κ2) is 8.03. The minimum atomic E-state index is -0.464. The SMILES string of the molecule is CNCCC=Cc1ccccc1NC(=O)C=NO. The van der Waals surface area contributed by atoms with Crippen LogP contribution >= 0.6 is 0 Å². The summed E-state index contributed by atoms with van der Waals surface area (Å²) in [5, 5.41) is 16.6. The minimum absolute atomic E-state index is 0.464. The molecule has 0 fully saturated rings. The molecule has 1 aromatic carbocycles. The van der Waals surface area contributed by atoms with E-state index >= 15 is 0 Å². The molecule has 0 heterocycles. The lowest BCUT2D eigenvalue weighted by atomic mass is 10.1. The van der Waals surface area contributed by atoms with Crippen molar-refractivity contribution in [3.63, 3.8) is 0 Å². The fourth-order valence-corrected chi connectivity index (χ4v) is 1.41. The van der Waals surface area contributed by atoms with Crippen molar-refractivity contribution in [2.45, 2.75) is 6.42 Å². The molecule has 5 heteroatoms. The highest BCUT2D eigenvalue weighted by Gasteiger charge is 2.02. The van der Waals surface area contributed by atoms with Crippen LogP contribution in [0.2, 0.25) is 0 Å². The predicted molar refractivity (Wildman–Crippen MR) is 72.9 cm³/mol. The van der Waals surface area contributed by atoms with Crippen molar-refractivity contribution < 1.29 is 10.0 Å². The lowest BCUT2D eigenvalue weighted by Gasteiger charge is -2.05. The van der Waals surface area contributed by atoms with Crippen molar-refractivity contribution >= 4 is 23.9 Å². The molecule has 1 rings (SSSR count). The molecule has 0 aliphatic heterocycles. The van der Waals surface area contributed by atoms with Crippen LogP contribution in [0.3, 0.4) is 0 Å².